The Bertz CT molecular complexity index is 1420. The molecule has 3 heterocycles. The van der Waals surface area contributed by atoms with E-state index in [1.807, 2.05) is 0 Å². The Balaban J connectivity index is 2.16. The van der Waals surface area contributed by atoms with Crippen molar-refractivity contribution in [2.75, 3.05) is 6.61 Å². The number of carbonyl (C=O) groups is 4. The van der Waals surface area contributed by atoms with Crippen molar-refractivity contribution in [1.29, 1.82) is 0 Å². The summed E-state index contributed by atoms with van der Waals surface area (Å²) in [5.41, 5.74) is -1.46. The van der Waals surface area contributed by atoms with Gasteiger partial charge in [0.1, 0.15) is 18.3 Å². The van der Waals surface area contributed by atoms with Gasteiger partial charge in [-0.1, -0.05) is 11.8 Å². The van der Waals surface area contributed by atoms with Gasteiger partial charge in [0.05, 0.1) is 0 Å². The quantitative estimate of drug-likeness (QED) is 0.283. The van der Waals surface area contributed by atoms with Crippen molar-refractivity contribution >= 4 is 23.9 Å². The molecule has 1 N–H and O–H groups in total. The number of H-pyrrole nitrogens is 1. The maximum atomic E-state index is 12.9. The van der Waals surface area contributed by atoms with Gasteiger partial charge in [0.2, 0.25) is 0 Å². The molecular formula is C25H25N3O11. The summed E-state index contributed by atoms with van der Waals surface area (Å²) in [5, 5.41) is 0. The number of aromatic amines is 1. The number of aromatic nitrogens is 3. The van der Waals surface area contributed by atoms with Crippen molar-refractivity contribution in [3.8, 4) is 11.8 Å². The molecule has 0 saturated carbocycles. The minimum Gasteiger partial charge on any atom is -0.463 e. The van der Waals surface area contributed by atoms with Gasteiger partial charge in [-0.25, -0.2) is 4.79 Å². The van der Waals surface area contributed by atoms with Gasteiger partial charge < -0.3 is 23.7 Å². The van der Waals surface area contributed by atoms with Crippen LogP contribution in [0.4, 0.5) is 0 Å². The molecule has 3 rings (SSSR count). The third kappa shape index (κ3) is 7.62. The molecule has 206 valence electrons. The number of hydrogen-bond donors (Lipinski definition) is 1. The standard InChI is InChI=1S/C25H25N3O11/c1-13(29)35-12-19-20(36-14(2)30)21(37-15(3)31)22(38-16(4)32)24(39-19)28-11-18(23(33)27-25(28)34)8-7-17-6-5-9-26-10-17/h5-6,9-11,19-22,24H,12H2,1-4H3,(H,27,33,34)/t19-,20-,21+,22-,24-/m1/s1. The Morgan fingerprint density at radius 2 is 1.59 bits per heavy atom. The van der Waals surface area contributed by atoms with Crippen LogP contribution in [0.1, 0.15) is 45.0 Å². The maximum Gasteiger partial charge on any atom is 0.330 e. The molecule has 0 radical (unpaired) electrons. The fraction of sp³-hybridized carbons (Fsp3) is 0.400. The smallest absolute Gasteiger partial charge is 0.330 e. The first-order chi connectivity index (χ1) is 18.5. The van der Waals surface area contributed by atoms with Gasteiger partial charge in [-0.05, 0) is 12.1 Å². The summed E-state index contributed by atoms with van der Waals surface area (Å²) < 4.78 is 27.9. The number of hydrogen-bond acceptors (Lipinski definition) is 12. The average molecular weight is 543 g/mol. The number of nitrogens with one attached hydrogen (secondary N) is 1. The Hall–Kier alpha value is -4.77. The van der Waals surface area contributed by atoms with Crippen LogP contribution in [0.15, 0.2) is 40.3 Å². The molecule has 1 aliphatic rings. The van der Waals surface area contributed by atoms with E-state index in [9.17, 15) is 28.8 Å². The van der Waals surface area contributed by atoms with Gasteiger partial charge in [-0.15, -0.1) is 0 Å². The van der Waals surface area contributed by atoms with E-state index in [2.05, 4.69) is 21.8 Å². The second kappa shape index (κ2) is 12.7. The zero-order valence-corrected chi connectivity index (χ0v) is 21.4. The minimum absolute atomic E-state index is 0.161. The highest BCUT2D eigenvalue weighted by Crippen LogP contribution is 2.34. The fourth-order valence-electron chi connectivity index (χ4n) is 3.77. The maximum absolute atomic E-state index is 12.9. The normalized spacial score (nSPS) is 22.0. The molecule has 0 amide bonds. The molecule has 14 nitrogen and oxygen atoms in total. The first-order valence-corrected chi connectivity index (χ1v) is 11.5. The van der Waals surface area contributed by atoms with Crippen molar-refractivity contribution in [3.05, 3.63) is 62.7 Å². The zero-order valence-electron chi connectivity index (χ0n) is 21.4. The molecule has 1 aliphatic heterocycles. The molecular weight excluding hydrogens is 518 g/mol. The number of ether oxygens (including phenoxy) is 5. The summed E-state index contributed by atoms with van der Waals surface area (Å²) in [6.45, 7) is 3.86. The Labute approximate surface area is 221 Å². The number of esters is 4. The molecule has 2 aromatic heterocycles. The molecule has 5 atom stereocenters. The largest absolute Gasteiger partial charge is 0.463 e. The highest BCUT2D eigenvalue weighted by Gasteiger charge is 2.53. The second-order valence-corrected chi connectivity index (χ2v) is 8.29. The van der Waals surface area contributed by atoms with Crippen LogP contribution in [0.25, 0.3) is 0 Å². The molecule has 0 aromatic carbocycles. The van der Waals surface area contributed by atoms with E-state index in [4.69, 9.17) is 23.7 Å². The minimum atomic E-state index is -1.55. The monoisotopic (exact) mass is 543 g/mol. The summed E-state index contributed by atoms with van der Waals surface area (Å²) in [4.78, 5) is 78.9. The van der Waals surface area contributed by atoms with Crippen LogP contribution in [0.3, 0.4) is 0 Å². The van der Waals surface area contributed by atoms with Crippen LogP contribution < -0.4 is 11.2 Å². The van der Waals surface area contributed by atoms with Gasteiger partial charge >= 0.3 is 29.6 Å². The average Bonchev–Trinajstić information content (AvgIpc) is 2.85. The lowest BCUT2D eigenvalue weighted by Gasteiger charge is -2.44. The predicted octanol–water partition coefficient (Wildman–Crippen LogP) is -0.413. The van der Waals surface area contributed by atoms with E-state index in [1.54, 1.807) is 18.3 Å². The molecule has 1 fully saturated rings. The topological polar surface area (TPSA) is 182 Å². The van der Waals surface area contributed by atoms with Gasteiger partial charge in [0, 0.05) is 51.8 Å². The second-order valence-electron chi connectivity index (χ2n) is 8.29. The third-order valence-electron chi connectivity index (χ3n) is 5.21. The number of carbonyl (C=O) groups excluding carboxylic acids is 4. The van der Waals surface area contributed by atoms with E-state index in [0.29, 0.717) is 5.56 Å². The molecule has 2 aromatic rings. The Morgan fingerprint density at radius 1 is 0.949 bits per heavy atom. The lowest BCUT2D eigenvalue weighted by molar-refractivity contribution is -0.269. The molecule has 0 unspecified atom stereocenters. The molecule has 0 bridgehead atoms. The summed E-state index contributed by atoms with van der Waals surface area (Å²) in [5.74, 6) is 2.20. The lowest BCUT2D eigenvalue weighted by atomic mass is 9.97. The van der Waals surface area contributed by atoms with Crippen LogP contribution in [-0.2, 0) is 42.9 Å². The highest BCUT2D eigenvalue weighted by molar-refractivity contribution is 5.68. The van der Waals surface area contributed by atoms with E-state index < -0.39 is 72.4 Å². The van der Waals surface area contributed by atoms with Crippen molar-refractivity contribution < 1.29 is 42.9 Å². The molecule has 14 heteroatoms. The molecule has 39 heavy (non-hydrogen) atoms. The van der Waals surface area contributed by atoms with Crippen molar-refractivity contribution in [2.45, 2.75) is 58.3 Å². The SMILES string of the molecule is CC(=O)OC[C@H]1O[C@@H](n2cc(C#Cc3cccnc3)c(=O)[nH]c2=O)[C@H](OC(C)=O)[C@@H](OC(C)=O)[C@@H]1OC(C)=O. The Morgan fingerprint density at radius 3 is 2.18 bits per heavy atom. The van der Waals surface area contributed by atoms with Crippen molar-refractivity contribution in [3.63, 3.8) is 0 Å². The number of pyridine rings is 1. The van der Waals surface area contributed by atoms with Gasteiger partial charge in [-0.3, -0.25) is 38.5 Å². The first-order valence-electron chi connectivity index (χ1n) is 11.5. The number of rotatable bonds is 6. The van der Waals surface area contributed by atoms with E-state index in [-0.39, 0.29) is 5.56 Å². The summed E-state index contributed by atoms with van der Waals surface area (Å²) >= 11 is 0. The molecule has 0 spiro atoms. The van der Waals surface area contributed by atoms with Crippen molar-refractivity contribution in [2.24, 2.45) is 0 Å². The van der Waals surface area contributed by atoms with Crippen LogP contribution in [0, 0.1) is 11.8 Å². The number of nitrogens with zero attached hydrogens (tertiary/aromatic N) is 2. The summed E-state index contributed by atoms with van der Waals surface area (Å²) in [6, 6.07) is 3.30. The summed E-state index contributed by atoms with van der Waals surface area (Å²) in [6.07, 6.45) is -3.21. The molecule has 1 saturated heterocycles. The van der Waals surface area contributed by atoms with Crippen LogP contribution in [-0.4, -0.2) is 69.4 Å². The zero-order chi connectivity index (χ0) is 28.7. The predicted molar refractivity (Wildman–Crippen MR) is 129 cm³/mol. The van der Waals surface area contributed by atoms with Crippen molar-refractivity contribution in [1.82, 2.24) is 14.5 Å². The fourth-order valence-corrected chi connectivity index (χ4v) is 3.77. The van der Waals surface area contributed by atoms with Crippen LogP contribution in [0.5, 0.6) is 0 Å². The first kappa shape index (κ1) is 28.8. The summed E-state index contributed by atoms with van der Waals surface area (Å²) in [7, 11) is 0. The van der Waals surface area contributed by atoms with Gasteiger partial charge in [0.15, 0.2) is 24.5 Å². The third-order valence-corrected chi connectivity index (χ3v) is 5.21. The van der Waals surface area contributed by atoms with E-state index >= 15 is 0 Å². The molecule has 0 aliphatic carbocycles. The lowest BCUT2D eigenvalue weighted by Crippen LogP contribution is -2.61. The van der Waals surface area contributed by atoms with E-state index in [1.165, 1.54) is 6.20 Å². The van der Waals surface area contributed by atoms with Gasteiger partial charge in [-0.2, -0.15) is 0 Å². The van der Waals surface area contributed by atoms with Gasteiger partial charge in [0.25, 0.3) is 5.56 Å². The van der Waals surface area contributed by atoms with Crippen LogP contribution >= 0.6 is 0 Å². The van der Waals surface area contributed by atoms with Crippen LogP contribution in [0.2, 0.25) is 0 Å². The highest BCUT2D eigenvalue weighted by atomic mass is 16.7. The van der Waals surface area contributed by atoms with E-state index in [0.717, 1.165) is 38.5 Å². The Kier molecular flexibility index (Phi) is 9.34.